The highest BCUT2D eigenvalue weighted by atomic mass is 32.2. The van der Waals surface area contributed by atoms with E-state index in [0.29, 0.717) is 31.6 Å². The van der Waals surface area contributed by atoms with Crippen LogP contribution in [0, 0.1) is 5.82 Å². The van der Waals surface area contributed by atoms with Crippen molar-refractivity contribution in [3.05, 3.63) is 59.4 Å². The fourth-order valence-corrected chi connectivity index (χ4v) is 5.36. The number of halogens is 1. The monoisotopic (exact) mass is 447 g/mol. The lowest BCUT2D eigenvalue weighted by Gasteiger charge is -2.23. The molecule has 0 saturated carbocycles. The first kappa shape index (κ1) is 23.2. The molecule has 1 heterocycles. The molecule has 1 amide bonds. The Kier molecular flexibility index (Phi) is 7.67. The van der Waals surface area contributed by atoms with Gasteiger partial charge in [0.25, 0.3) is 5.91 Å². The van der Waals surface area contributed by atoms with Gasteiger partial charge in [0, 0.05) is 38.4 Å². The molecule has 3 rings (SSSR count). The van der Waals surface area contributed by atoms with Crippen LogP contribution in [0.5, 0.6) is 0 Å². The summed E-state index contributed by atoms with van der Waals surface area (Å²) in [7, 11) is -3.67. The maximum atomic E-state index is 13.1. The van der Waals surface area contributed by atoms with Gasteiger partial charge < -0.3 is 10.2 Å². The highest BCUT2D eigenvalue weighted by Gasteiger charge is 2.26. The van der Waals surface area contributed by atoms with Crippen LogP contribution in [0.2, 0.25) is 0 Å². The van der Waals surface area contributed by atoms with Gasteiger partial charge in [0.05, 0.1) is 10.5 Å². The van der Waals surface area contributed by atoms with E-state index < -0.39 is 10.0 Å². The summed E-state index contributed by atoms with van der Waals surface area (Å²) in [5, 5.41) is 2.89. The van der Waals surface area contributed by atoms with E-state index in [-0.39, 0.29) is 16.6 Å². The molecule has 1 fully saturated rings. The van der Waals surface area contributed by atoms with Crippen LogP contribution < -0.4 is 10.2 Å². The predicted octanol–water partition coefficient (Wildman–Crippen LogP) is 3.43. The lowest BCUT2D eigenvalue weighted by atomic mass is 10.1. The summed E-state index contributed by atoms with van der Waals surface area (Å²) in [5.74, 6) is -0.602. The normalized spacial score (nSPS) is 14.3. The molecule has 1 N–H and O–H groups in total. The van der Waals surface area contributed by atoms with Crippen molar-refractivity contribution in [3.8, 4) is 0 Å². The first-order chi connectivity index (χ1) is 14.9. The highest BCUT2D eigenvalue weighted by Crippen LogP contribution is 2.28. The zero-order valence-corrected chi connectivity index (χ0v) is 18.9. The summed E-state index contributed by atoms with van der Waals surface area (Å²) in [6.07, 6.45) is 2.65. The molecular weight excluding hydrogens is 417 g/mol. The molecule has 0 bridgehead atoms. The molecule has 0 aliphatic carbocycles. The van der Waals surface area contributed by atoms with Gasteiger partial charge in [-0.15, -0.1) is 0 Å². The Bertz CT molecular complexity index is 999. The third-order valence-corrected chi connectivity index (χ3v) is 7.66. The maximum absolute atomic E-state index is 13.1. The molecule has 31 heavy (non-hydrogen) atoms. The quantitative estimate of drug-likeness (QED) is 0.640. The highest BCUT2D eigenvalue weighted by molar-refractivity contribution is 7.89. The second-order valence-corrected chi connectivity index (χ2v) is 9.53. The maximum Gasteiger partial charge on any atom is 0.253 e. The smallest absolute Gasteiger partial charge is 0.253 e. The SMILES string of the molecule is CCN(CC)S(=O)(=O)c1ccc(N2CCCC2)c(C(=O)NCCc2ccc(F)cc2)c1. The van der Waals surface area contributed by atoms with E-state index in [1.165, 1.54) is 22.5 Å². The number of nitrogens with zero attached hydrogens (tertiary/aromatic N) is 2. The summed E-state index contributed by atoms with van der Waals surface area (Å²) < 4.78 is 40.4. The van der Waals surface area contributed by atoms with Gasteiger partial charge in [-0.25, -0.2) is 12.8 Å². The van der Waals surface area contributed by atoms with Gasteiger partial charge in [-0.05, 0) is 55.2 Å². The number of amides is 1. The number of hydrogen-bond donors (Lipinski definition) is 1. The summed E-state index contributed by atoms with van der Waals surface area (Å²) in [6, 6.07) is 11.0. The average molecular weight is 448 g/mol. The van der Waals surface area contributed by atoms with Gasteiger partial charge in [-0.3, -0.25) is 4.79 Å². The summed E-state index contributed by atoms with van der Waals surface area (Å²) in [5.41, 5.74) is 2.05. The van der Waals surface area contributed by atoms with E-state index in [1.54, 1.807) is 38.1 Å². The fourth-order valence-electron chi connectivity index (χ4n) is 3.87. The number of rotatable bonds is 9. The van der Waals surface area contributed by atoms with Crippen LogP contribution in [0.1, 0.15) is 42.6 Å². The van der Waals surface area contributed by atoms with Crippen LogP contribution in [-0.2, 0) is 16.4 Å². The van der Waals surface area contributed by atoms with Gasteiger partial charge in [0.2, 0.25) is 10.0 Å². The number of carbonyl (C=O) groups is 1. The lowest BCUT2D eigenvalue weighted by Crippen LogP contribution is -2.32. The van der Waals surface area contributed by atoms with Crippen molar-refractivity contribution in [1.29, 1.82) is 0 Å². The van der Waals surface area contributed by atoms with Gasteiger partial charge in [-0.1, -0.05) is 26.0 Å². The Hall–Kier alpha value is -2.45. The molecule has 6 nitrogen and oxygen atoms in total. The van der Waals surface area contributed by atoms with Gasteiger partial charge in [-0.2, -0.15) is 4.31 Å². The van der Waals surface area contributed by atoms with Crippen LogP contribution >= 0.6 is 0 Å². The molecule has 8 heteroatoms. The Balaban J connectivity index is 1.84. The van der Waals surface area contributed by atoms with Crippen LogP contribution in [0.3, 0.4) is 0 Å². The van der Waals surface area contributed by atoms with Gasteiger partial charge in [0.15, 0.2) is 0 Å². The number of benzene rings is 2. The number of nitrogens with one attached hydrogen (secondary N) is 1. The van der Waals surface area contributed by atoms with Crippen molar-refractivity contribution < 1.29 is 17.6 Å². The number of sulfonamides is 1. The van der Waals surface area contributed by atoms with E-state index in [0.717, 1.165) is 37.2 Å². The second kappa shape index (κ2) is 10.2. The van der Waals surface area contributed by atoms with Crippen molar-refractivity contribution in [2.75, 3.05) is 37.6 Å². The minimum absolute atomic E-state index is 0.128. The Morgan fingerprint density at radius 3 is 2.32 bits per heavy atom. The molecule has 0 aromatic heterocycles. The average Bonchev–Trinajstić information content (AvgIpc) is 3.30. The van der Waals surface area contributed by atoms with Crippen molar-refractivity contribution in [1.82, 2.24) is 9.62 Å². The van der Waals surface area contributed by atoms with Crippen LogP contribution in [-0.4, -0.2) is 51.4 Å². The molecule has 0 spiro atoms. The summed E-state index contributed by atoms with van der Waals surface area (Å²) in [4.78, 5) is 15.3. The van der Waals surface area contributed by atoms with Crippen LogP contribution in [0.4, 0.5) is 10.1 Å². The summed E-state index contributed by atoms with van der Waals surface area (Å²) in [6.45, 7) is 6.39. The van der Waals surface area contributed by atoms with Gasteiger partial charge in [0.1, 0.15) is 5.82 Å². The van der Waals surface area contributed by atoms with Crippen molar-refractivity contribution in [2.24, 2.45) is 0 Å². The van der Waals surface area contributed by atoms with E-state index in [9.17, 15) is 17.6 Å². The fraction of sp³-hybridized carbons (Fsp3) is 0.435. The molecular formula is C23H30FN3O3S. The van der Waals surface area contributed by atoms with Crippen molar-refractivity contribution >= 4 is 21.6 Å². The molecule has 1 aliphatic heterocycles. The summed E-state index contributed by atoms with van der Waals surface area (Å²) >= 11 is 0. The lowest BCUT2D eigenvalue weighted by molar-refractivity contribution is 0.0954. The number of anilines is 1. The van der Waals surface area contributed by atoms with E-state index >= 15 is 0 Å². The first-order valence-electron chi connectivity index (χ1n) is 10.8. The zero-order valence-electron chi connectivity index (χ0n) is 18.1. The Morgan fingerprint density at radius 1 is 1.06 bits per heavy atom. The predicted molar refractivity (Wildman–Crippen MR) is 120 cm³/mol. The Labute approximate surface area is 184 Å². The van der Waals surface area contributed by atoms with E-state index in [2.05, 4.69) is 10.2 Å². The third kappa shape index (κ3) is 5.43. The number of carbonyl (C=O) groups excluding carboxylic acids is 1. The topological polar surface area (TPSA) is 69.7 Å². The molecule has 2 aromatic carbocycles. The molecule has 0 atom stereocenters. The Morgan fingerprint density at radius 2 is 1.71 bits per heavy atom. The molecule has 1 aliphatic rings. The molecule has 168 valence electrons. The zero-order chi connectivity index (χ0) is 22.4. The largest absolute Gasteiger partial charge is 0.371 e. The third-order valence-electron chi connectivity index (χ3n) is 5.62. The van der Waals surface area contributed by atoms with E-state index in [4.69, 9.17) is 0 Å². The van der Waals surface area contributed by atoms with Crippen LogP contribution in [0.15, 0.2) is 47.4 Å². The van der Waals surface area contributed by atoms with Crippen LogP contribution in [0.25, 0.3) is 0 Å². The van der Waals surface area contributed by atoms with E-state index in [1.807, 2.05) is 0 Å². The van der Waals surface area contributed by atoms with Crippen molar-refractivity contribution in [2.45, 2.75) is 38.0 Å². The standard InChI is InChI=1S/C23H30FN3O3S/c1-3-27(4-2)31(29,30)20-11-12-22(26-15-5-6-16-26)21(17-20)23(28)25-14-13-18-7-9-19(24)10-8-18/h7-12,17H,3-6,13-16H2,1-2H3,(H,25,28). The first-order valence-corrected chi connectivity index (χ1v) is 12.2. The minimum Gasteiger partial charge on any atom is -0.371 e. The minimum atomic E-state index is -3.67. The molecule has 0 radical (unpaired) electrons. The number of hydrogen-bond acceptors (Lipinski definition) is 4. The van der Waals surface area contributed by atoms with Gasteiger partial charge >= 0.3 is 0 Å². The molecule has 0 unspecified atom stereocenters. The molecule has 2 aromatic rings. The second-order valence-electron chi connectivity index (χ2n) is 7.59. The molecule has 1 saturated heterocycles. The van der Waals surface area contributed by atoms with Crippen molar-refractivity contribution in [3.63, 3.8) is 0 Å².